The first-order chi connectivity index (χ1) is 12.2. The van der Waals surface area contributed by atoms with Gasteiger partial charge in [0.05, 0.1) is 13.0 Å². The van der Waals surface area contributed by atoms with Gasteiger partial charge in [0.2, 0.25) is 11.8 Å². The van der Waals surface area contributed by atoms with Gasteiger partial charge in [0.1, 0.15) is 11.6 Å². The van der Waals surface area contributed by atoms with Crippen LogP contribution in [0.3, 0.4) is 0 Å². The quantitative estimate of drug-likeness (QED) is 0.770. The lowest BCUT2D eigenvalue weighted by molar-refractivity contribution is -0.138. The van der Waals surface area contributed by atoms with E-state index in [0.29, 0.717) is 39.2 Å². The van der Waals surface area contributed by atoms with E-state index in [1.807, 2.05) is 42.5 Å². The minimum absolute atomic E-state index is 0.00712. The molecule has 0 spiro atoms. The van der Waals surface area contributed by atoms with Crippen LogP contribution in [0.25, 0.3) is 10.8 Å². The van der Waals surface area contributed by atoms with Crippen molar-refractivity contribution < 1.29 is 14.3 Å². The Bertz CT molecular complexity index is 752. The van der Waals surface area contributed by atoms with E-state index in [4.69, 9.17) is 16.3 Å². The Hall–Kier alpha value is -2.27. The lowest BCUT2D eigenvalue weighted by atomic mass is 10.1. The Morgan fingerprint density at radius 3 is 2.28 bits per heavy atom. The summed E-state index contributed by atoms with van der Waals surface area (Å²) in [6, 6.07) is 13.9. The number of amides is 2. The minimum Gasteiger partial charge on any atom is -0.492 e. The number of hydrogen-bond donors (Lipinski definition) is 0. The summed E-state index contributed by atoms with van der Waals surface area (Å²) < 4.78 is 5.83. The Labute approximate surface area is 152 Å². The Morgan fingerprint density at radius 2 is 1.56 bits per heavy atom. The average Bonchev–Trinajstić information content (AvgIpc) is 2.67. The summed E-state index contributed by atoms with van der Waals surface area (Å²) in [6.45, 7) is 2.53. The molecule has 1 saturated heterocycles. The van der Waals surface area contributed by atoms with Crippen LogP contribution in [-0.2, 0) is 9.59 Å². The molecule has 0 aliphatic carbocycles. The van der Waals surface area contributed by atoms with E-state index >= 15 is 0 Å². The molecule has 0 unspecified atom stereocenters. The van der Waals surface area contributed by atoms with Crippen molar-refractivity contribution in [3.63, 3.8) is 0 Å². The summed E-state index contributed by atoms with van der Waals surface area (Å²) >= 11 is 5.56. The van der Waals surface area contributed by atoms with Crippen molar-refractivity contribution in [3.8, 4) is 5.75 Å². The lowest BCUT2D eigenvalue weighted by Gasteiger charge is -2.34. The van der Waals surface area contributed by atoms with Gasteiger partial charge in [0.15, 0.2) is 0 Å². The number of piperazine rings is 1. The fraction of sp³-hybridized carbons (Fsp3) is 0.368. The van der Waals surface area contributed by atoms with Crippen molar-refractivity contribution in [1.82, 2.24) is 9.80 Å². The number of benzene rings is 2. The second-order valence-electron chi connectivity index (χ2n) is 5.97. The SMILES string of the molecule is O=C(CCl)N1CCN(C(=O)CCOc2cccc3ccccc23)CC1. The van der Waals surface area contributed by atoms with Crippen molar-refractivity contribution in [2.45, 2.75) is 6.42 Å². The van der Waals surface area contributed by atoms with Gasteiger partial charge in [-0.15, -0.1) is 11.6 Å². The molecule has 1 aliphatic rings. The summed E-state index contributed by atoms with van der Waals surface area (Å²) in [5, 5.41) is 2.16. The number of carbonyl (C=O) groups is 2. The molecule has 2 aromatic rings. The van der Waals surface area contributed by atoms with Crippen LogP contribution in [0.5, 0.6) is 5.75 Å². The predicted octanol–water partition coefficient (Wildman–Crippen LogP) is 2.52. The average molecular weight is 361 g/mol. The summed E-state index contributed by atoms with van der Waals surface area (Å²) in [7, 11) is 0. The third kappa shape index (κ3) is 4.23. The number of fused-ring (bicyclic) bond motifs is 1. The molecule has 0 atom stereocenters. The topological polar surface area (TPSA) is 49.9 Å². The number of ether oxygens (including phenoxy) is 1. The molecule has 0 saturated carbocycles. The van der Waals surface area contributed by atoms with E-state index in [2.05, 4.69) is 0 Å². The molecule has 25 heavy (non-hydrogen) atoms. The molecule has 2 amide bonds. The Balaban J connectivity index is 1.49. The van der Waals surface area contributed by atoms with Gasteiger partial charge in [-0.2, -0.15) is 0 Å². The van der Waals surface area contributed by atoms with Crippen LogP contribution in [0.2, 0.25) is 0 Å². The number of alkyl halides is 1. The Kier molecular flexibility index (Phi) is 5.76. The van der Waals surface area contributed by atoms with Gasteiger partial charge < -0.3 is 14.5 Å². The van der Waals surface area contributed by atoms with Crippen LogP contribution in [0.15, 0.2) is 42.5 Å². The van der Waals surface area contributed by atoms with Crippen molar-refractivity contribution >= 4 is 34.2 Å². The zero-order chi connectivity index (χ0) is 17.6. The van der Waals surface area contributed by atoms with Crippen molar-refractivity contribution in [2.24, 2.45) is 0 Å². The lowest BCUT2D eigenvalue weighted by Crippen LogP contribution is -2.51. The molecule has 0 aromatic heterocycles. The van der Waals surface area contributed by atoms with E-state index in [1.165, 1.54) is 0 Å². The number of nitrogens with zero attached hydrogens (tertiary/aromatic N) is 2. The van der Waals surface area contributed by atoms with Crippen LogP contribution in [-0.4, -0.2) is 60.3 Å². The first-order valence-corrected chi connectivity index (χ1v) is 8.94. The zero-order valence-corrected chi connectivity index (χ0v) is 14.7. The molecule has 0 bridgehead atoms. The third-order valence-electron chi connectivity index (χ3n) is 4.42. The van der Waals surface area contributed by atoms with E-state index in [1.54, 1.807) is 9.80 Å². The highest BCUT2D eigenvalue weighted by Gasteiger charge is 2.23. The molecule has 5 nitrogen and oxygen atoms in total. The maximum Gasteiger partial charge on any atom is 0.237 e. The molecule has 6 heteroatoms. The second kappa shape index (κ2) is 8.21. The first kappa shape index (κ1) is 17.5. The fourth-order valence-electron chi connectivity index (χ4n) is 3.02. The normalized spacial score (nSPS) is 14.6. The minimum atomic E-state index is -0.0759. The van der Waals surface area contributed by atoms with E-state index < -0.39 is 0 Å². The molecule has 0 radical (unpaired) electrons. The standard InChI is InChI=1S/C19H21ClN2O3/c20-14-19(24)22-11-9-21(10-12-22)18(23)8-13-25-17-7-3-5-15-4-1-2-6-16(15)17/h1-7H,8-14H2. The van der Waals surface area contributed by atoms with Gasteiger partial charge in [-0.1, -0.05) is 36.4 Å². The maximum atomic E-state index is 12.3. The van der Waals surface area contributed by atoms with Gasteiger partial charge >= 0.3 is 0 Å². The summed E-state index contributed by atoms with van der Waals surface area (Å²) in [4.78, 5) is 27.3. The van der Waals surface area contributed by atoms with Gasteiger partial charge in [0, 0.05) is 31.6 Å². The van der Waals surface area contributed by atoms with Gasteiger partial charge in [-0.05, 0) is 11.5 Å². The number of hydrogen-bond acceptors (Lipinski definition) is 3. The van der Waals surface area contributed by atoms with Crippen LogP contribution < -0.4 is 4.74 Å². The van der Waals surface area contributed by atoms with E-state index in [9.17, 15) is 9.59 Å². The number of halogens is 1. The van der Waals surface area contributed by atoms with Crippen LogP contribution in [0, 0.1) is 0 Å². The third-order valence-corrected chi connectivity index (χ3v) is 4.65. The summed E-state index contributed by atoms with van der Waals surface area (Å²) in [6.07, 6.45) is 0.326. The number of carbonyl (C=O) groups excluding carboxylic acids is 2. The van der Waals surface area contributed by atoms with E-state index in [0.717, 1.165) is 16.5 Å². The van der Waals surface area contributed by atoms with Gasteiger partial charge in [0.25, 0.3) is 0 Å². The first-order valence-electron chi connectivity index (χ1n) is 8.41. The highest BCUT2D eigenvalue weighted by molar-refractivity contribution is 6.27. The largest absolute Gasteiger partial charge is 0.492 e. The predicted molar refractivity (Wildman–Crippen MR) is 97.9 cm³/mol. The van der Waals surface area contributed by atoms with Crippen molar-refractivity contribution in [1.29, 1.82) is 0 Å². The molecule has 132 valence electrons. The van der Waals surface area contributed by atoms with Gasteiger partial charge in [-0.3, -0.25) is 9.59 Å². The molecular formula is C19H21ClN2O3. The molecule has 1 heterocycles. The molecular weight excluding hydrogens is 340 g/mol. The molecule has 3 rings (SSSR count). The molecule has 1 aliphatic heterocycles. The van der Waals surface area contributed by atoms with Crippen LogP contribution in [0.4, 0.5) is 0 Å². The van der Waals surface area contributed by atoms with Gasteiger partial charge in [-0.25, -0.2) is 0 Å². The highest BCUT2D eigenvalue weighted by atomic mass is 35.5. The van der Waals surface area contributed by atoms with Crippen LogP contribution in [0.1, 0.15) is 6.42 Å². The molecule has 1 fully saturated rings. The second-order valence-corrected chi connectivity index (χ2v) is 6.24. The van der Waals surface area contributed by atoms with E-state index in [-0.39, 0.29) is 17.7 Å². The molecule has 0 N–H and O–H groups in total. The Morgan fingerprint density at radius 1 is 0.920 bits per heavy atom. The zero-order valence-electron chi connectivity index (χ0n) is 14.0. The summed E-state index contributed by atoms with van der Waals surface area (Å²) in [5.74, 6) is 0.766. The highest BCUT2D eigenvalue weighted by Crippen LogP contribution is 2.25. The number of rotatable bonds is 5. The van der Waals surface area contributed by atoms with Crippen LogP contribution >= 0.6 is 11.6 Å². The smallest absolute Gasteiger partial charge is 0.237 e. The molecule has 2 aromatic carbocycles. The van der Waals surface area contributed by atoms with Crippen molar-refractivity contribution in [2.75, 3.05) is 38.7 Å². The monoisotopic (exact) mass is 360 g/mol. The van der Waals surface area contributed by atoms with Crippen molar-refractivity contribution in [3.05, 3.63) is 42.5 Å². The fourth-order valence-corrected chi connectivity index (χ4v) is 3.19. The maximum absolute atomic E-state index is 12.3. The summed E-state index contributed by atoms with van der Waals surface area (Å²) in [5.41, 5.74) is 0.